The second-order valence-electron chi connectivity index (χ2n) is 5.23. The Bertz CT molecular complexity index is 684. The first-order valence-corrected chi connectivity index (χ1v) is 7.15. The van der Waals surface area contributed by atoms with Crippen LogP contribution in [0.3, 0.4) is 0 Å². The van der Waals surface area contributed by atoms with Crippen LogP contribution in [0, 0.1) is 0 Å². The molecular weight excluding hydrogens is 266 g/mol. The number of anilines is 1. The van der Waals surface area contributed by atoms with Crippen molar-refractivity contribution in [2.24, 2.45) is 0 Å². The van der Waals surface area contributed by atoms with Crippen LogP contribution in [-0.4, -0.2) is 34.8 Å². The fourth-order valence-electron chi connectivity index (χ4n) is 2.56. The molecule has 2 aromatic rings. The van der Waals surface area contributed by atoms with E-state index in [0.717, 1.165) is 29.4 Å². The molecule has 1 fully saturated rings. The van der Waals surface area contributed by atoms with Crippen LogP contribution in [0.15, 0.2) is 36.5 Å². The van der Waals surface area contributed by atoms with Gasteiger partial charge in [-0.25, -0.2) is 0 Å². The fourth-order valence-corrected chi connectivity index (χ4v) is 2.56. The summed E-state index contributed by atoms with van der Waals surface area (Å²) in [6.07, 6.45) is 4.19. The van der Waals surface area contributed by atoms with Crippen LogP contribution in [0.5, 0.6) is 0 Å². The zero-order chi connectivity index (χ0) is 14.7. The topological polar surface area (TPSA) is 62.3 Å². The van der Waals surface area contributed by atoms with Gasteiger partial charge < -0.3 is 10.2 Å². The number of amides is 2. The van der Waals surface area contributed by atoms with Gasteiger partial charge in [0.15, 0.2) is 0 Å². The maximum Gasteiger partial charge on any atom is 0.243 e. The van der Waals surface area contributed by atoms with Gasteiger partial charge in [0, 0.05) is 30.2 Å². The van der Waals surface area contributed by atoms with E-state index >= 15 is 0 Å². The minimum absolute atomic E-state index is 0.0686. The van der Waals surface area contributed by atoms with Gasteiger partial charge in [-0.15, -0.1) is 0 Å². The van der Waals surface area contributed by atoms with Gasteiger partial charge in [-0.1, -0.05) is 6.07 Å². The lowest BCUT2D eigenvalue weighted by atomic mass is 10.1. The van der Waals surface area contributed by atoms with E-state index in [9.17, 15) is 9.59 Å². The van der Waals surface area contributed by atoms with Crippen molar-refractivity contribution in [2.45, 2.75) is 19.3 Å². The molecule has 2 heterocycles. The maximum atomic E-state index is 12.0. The first-order chi connectivity index (χ1) is 10.2. The summed E-state index contributed by atoms with van der Waals surface area (Å²) in [6, 6.07) is 9.40. The van der Waals surface area contributed by atoms with Gasteiger partial charge in [0.1, 0.15) is 0 Å². The van der Waals surface area contributed by atoms with Gasteiger partial charge in [-0.3, -0.25) is 14.6 Å². The Hall–Kier alpha value is -2.43. The summed E-state index contributed by atoms with van der Waals surface area (Å²) in [5.74, 6) is -0.0902. The molecule has 2 amide bonds. The number of benzene rings is 1. The number of nitrogens with zero attached hydrogens (tertiary/aromatic N) is 2. The largest absolute Gasteiger partial charge is 0.333 e. The molecule has 1 N–H and O–H groups in total. The lowest BCUT2D eigenvalue weighted by Gasteiger charge is -2.25. The smallest absolute Gasteiger partial charge is 0.243 e. The normalized spacial score (nSPS) is 15.2. The van der Waals surface area contributed by atoms with E-state index in [1.807, 2.05) is 30.3 Å². The van der Waals surface area contributed by atoms with Crippen LogP contribution >= 0.6 is 0 Å². The number of piperidine rings is 1. The van der Waals surface area contributed by atoms with E-state index in [1.165, 1.54) is 0 Å². The average molecular weight is 283 g/mol. The van der Waals surface area contributed by atoms with Crippen LogP contribution in [-0.2, 0) is 9.59 Å². The van der Waals surface area contributed by atoms with Gasteiger partial charge in [-0.2, -0.15) is 0 Å². The quantitative estimate of drug-likeness (QED) is 0.939. The molecule has 3 rings (SSSR count). The van der Waals surface area contributed by atoms with Gasteiger partial charge in [0.05, 0.1) is 12.1 Å². The second kappa shape index (κ2) is 5.91. The summed E-state index contributed by atoms with van der Waals surface area (Å²) in [5.41, 5.74) is 1.62. The van der Waals surface area contributed by atoms with Gasteiger partial charge >= 0.3 is 0 Å². The third-order valence-electron chi connectivity index (χ3n) is 3.64. The van der Waals surface area contributed by atoms with Crippen LogP contribution in [0.1, 0.15) is 19.3 Å². The molecule has 1 aromatic carbocycles. The van der Waals surface area contributed by atoms with Gasteiger partial charge in [0.2, 0.25) is 11.8 Å². The second-order valence-corrected chi connectivity index (χ2v) is 5.23. The molecule has 1 aliphatic rings. The number of hydrogen-bond donors (Lipinski definition) is 1. The molecule has 0 atom stereocenters. The van der Waals surface area contributed by atoms with Crippen molar-refractivity contribution in [3.63, 3.8) is 0 Å². The van der Waals surface area contributed by atoms with E-state index in [0.29, 0.717) is 13.0 Å². The maximum absolute atomic E-state index is 12.0. The van der Waals surface area contributed by atoms with E-state index in [4.69, 9.17) is 0 Å². The number of hydrogen-bond acceptors (Lipinski definition) is 3. The first kappa shape index (κ1) is 13.5. The number of carbonyl (C=O) groups excluding carboxylic acids is 2. The van der Waals surface area contributed by atoms with Crippen LogP contribution in [0.4, 0.5) is 5.69 Å². The Morgan fingerprint density at radius 1 is 1.29 bits per heavy atom. The number of likely N-dealkylation sites (tertiary alicyclic amines) is 1. The number of nitrogens with one attached hydrogen (secondary N) is 1. The van der Waals surface area contributed by atoms with Crippen LogP contribution in [0.2, 0.25) is 0 Å². The van der Waals surface area contributed by atoms with Gasteiger partial charge in [0.25, 0.3) is 0 Å². The number of carbonyl (C=O) groups is 2. The zero-order valence-electron chi connectivity index (χ0n) is 11.7. The number of fused-ring (bicyclic) bond motifs is 1. The molecule has 5 nitrogen and oxygen atoms in total. The molecular formula is C16H17N3O2. The highest BCUT2D eigenvalue weighted by Crippen LogP contribution is 2.17. The zero-order valence-corrected chi connectivity index (χ0v) is 11.7. The van der Waals surface area contributed by atoms with Gasteiger partial charge in [-0.05, 0) is 37.1 Å². The summed E-state index contributed by atoms with van der Waals surface area (Å²) in [4.78, 5) is 29.6. The molecule has 5 heteroatoms. The standard InChI is InChI=1S/C16H17N3O2/c20-15(11-19-9-2-1-5-16(19)21)18-13-6-7-14-12(10-13)4-3-8-17-14/h3-4,6-8,10H,1-2,5,9,11H2,(H,18,20). The lowest BCUT2D eigenvalue weighted by molar-refractivity contribution is -0.136. The predicted molar refractivity (Wildman–Crippen MR) is 80.8 cm³/mol. The molecule has 0 radical (unpaired) electrons. The molecule has 1 aromatic heterocycles. The number of aromatic nitrogens is 1. The molecule has 108 valence electrons. The molecule has 0 saturated carbocycles. The van der Waals surface area contributed by atoms with E-state index in [-0.39, 0.29) is 18.4 Å². The Kier molecular flexibility index (Phi) is 3.81. The molecule has 21 heavy (non-hydrogen) atoms. The first-order valence-electron chi connectivity index (χ1n) is 7.15. The minimum Gasteiger partial charge on any atom is -0.333 e. The van der Waals surface area contributed by atoms with Crippen LogP contribution in [0.25, 0.3) is 10.9 Å². The summed E-state index contributed by atoms with van der Waals surface area (Å²) < 4.78 is 0. The Labute approximate surface area is 123 Å². The Morgan fingerprint density at radius 2 is 2.19 bits per heavy atom. The van der Waals surface area contributed by atoms with Crippen molar-refractivity contribution in [2.75, 3.05) is 18.4 Å². The fraction of sp³-hybridized carbons (Fsp3) is 0.312. The van der Waals surface area contributed by atoms with Crippen molar-refractivity contribution < 1.29 is 9.59 Å². The molecule has 0 unspecified atom stereocenters. The van der Waals surface area contributed by atoms with Crippen molar-refractivity contribution in [1.29, 1.82) is 0 Å². The summed E-state index contributed by atoms with van der Waals surface area (Å²) in [7, 11) is 0. The molecule has 0 bridgehead atoms. The van der Waals surface area contributed by atoms with E-state index in [1.54, 1.807) is 11.1 Å². The van der Waals surface area contributed by atoms with Crippen molar-refractivity contribution in [3.05, 3.63) is 36.5 Å². The summed E-state index contributed by atoms with van der Waals surface area (Å²) in [5, 5.41) is 3.82. The van der Waals surface area contributed by atoms with E-state index in [2.05, 4.69) is 10.3 Å². The number of pyridine rings is 1. The van der Waals surface area contributed by atoms with Crippen molar-refractivity contribution >= 4 is 28.4 Å². The highest BCUT2D eigenvalue weighted by atomic mass is 16.2. The molecule has 0 spiro atoms. The van der Waals surface area contributed by atoms with Crippen LogP contribution < -0.4 is 5.32 Å². The Morgan fingerprint density at radius 3 is 3.05 bits per heavy atom. The molecule has 0 aliphatic carbocycles. The van der Waals surface area contributed by atoms with Crippen molar-refractivity contribution in [1.82, 2.24) is 9.88 Å². The minimum atomic E-state index is -0.159. The predicted octanol–water partition coefficient (Wildman–Crippen LogP) is 2.19. The van der Waals surface area contributed by atoms with Crippen molar-refractivity contribution in [3.8, 4) is 0 Å². The summed E-state index contributed by atoms with van der Waals surface area (Å²) in [6.45, 7) is 0.803. The third-order valence-corrected chi connectivity index (χ3v) is 3.64. The monoisotopic (exact) mass is 283 g/mol. The summed E-state index contributed by atoms with van der Waals surface area (Å²) >= 11 is 0. The number of rotatable bonds is 3. The highest BCUT2D eigenvalue weighted by Gasteiger charge is 2.20. The lowest BCUT2D eigenvalue weighted by Crippen LogP contribution is -2.40. The molecule has 1 aliphatic heterocycles. The SMILES string of the molecule is O=C(CN1CCCCC1=O)Nc1ccc2ncccc2c1. The highest BCUT2D eigenvalue weighted by molar-refractivity contribution is 5.96. The Balaban J connectivity index is 1.66. The molecule has 1 saturated heterocycles. The third kappa shape index (κ3) is 3.18. The average Bonchev–Trinajstić information content (AvgIpc) is 2.49. The van der Waals surface area contributed by atoms with E-state index < -0.39 is 0 Å².